The largest absolute Gasteiger partial charge is 0.438 e. The Kier molecular flexibility index (Phi) is 3.56. The minimum absolute atomic E-state index is 0.173. The fourth-order valence-corrected chi connectivity index (χ4v) is 1.96. The summed E-state index contributed by atoms with van der Waals surface area (Å²) >= 11 is 0. The molecule has 1 aliphatic heterocycles. The zero-order valence-corrected chi connectivity index (χ0v) is 9.45. The van der Waals surface area contributed by atoms with Gasteiger partial charge in [0.1, 0.15) is 0 Å². The molecule has 1 fully saturated rings. The summed E-state index contributed by atoms with van der Waals surface area (Å²) in [5.41, 5.74) is 0.636. The van der Waals surface area contributed by atoms with Crippen molar-refractivity contribution in [3.8, 4) is 0 Å². The van der Waals surface area contributed by atoms with Gasteiger partial charge in [0.2, 0.25) is 5.76 Å². The Hall–Kier alpha value is -1.36. The molecular formula is C11H17N3O2. The zero-order valence-electron chi connectivity index (χ0n) is 9.45. The standard InChI is InChI=1S/C11H17N3O2/c1-8-10(16-7-14-8)11(15)13-6-4-9-3-2-5-12-9/h7,9,12H,2-6H2,1H3,(H,13,15). The van der Waals surface area contributed by atoms with Gasteiger partial charge in [-0.25, -0.2) is 4.98 Å². The third kappa shape index (κ3) is 2.61. The Labute approximate surface area is 94.6 Å². The molecule has 5 heteroatoms. The second-order valence-corrected chi connectivity index (χ2v) is 4.10. The Bertz CT molecular complexity index is 356. The van der Waals surface area contributed by atoms with Crippen LogP contribution < -0.4 is 10.6 Å². The van der Waals surface area contributed by atoms with Crippen LogP contribution in [-0.4, -0.2) is 30.0 Å². The van der Waals surface area contributed by atoms with Crippen molar-refractivity contribution in [1.29, 1.82) is 0 Å². The predicted octanol–water partition coefficient (Wildman–Crippen LogP) is 0.855. The Morgan fingerprint density at radius 2 is 2.62 bits per heavy atom. The van der Waals surface area contributed by atoms with Crippen molar-refractivity contribution in [2.24, 2.45) is 0 Å². The summed E-state index contributed by atoms with van der Waals surface area (Å²) in [5.74, 6) is 0.146. The molecule has 2 heterocycles. The molecule has 2 rings (SSSR count). The van der Waals surface area contributed by atoms with Crippen LogP contribution in [0.3, 0.4) is 0 Å². The number of aryl methyl sites for hydroxylation is 1. The molecule has 0 bridgehead atoms. The second kappa shape index (κ2) is 5.12. The number of nitrogens with zero attached hydrogens (tertiary/aromatic N) is 1. The first-order valence-electron chi connectivity index (χ1n) is 5.69. The van der Waals surface area contributed by atoms with Gasteiger partial charge in [0.15, 0.2) is 6.39 Å². The van der Waals surface area contributed by atoms with Crippen molar-refractivity contribution >= 4 is 5.91 Å². The van der Waals surface area contributed by atoms with Crippen LogP contribution in [-0.2, 0) is 0 Å². The van der Waals surface area contributed by atoms with E-state index in [0.29, 0.717) is 24.0 Å². The van der Waals surface area contributed by atoms with Gasteiger partial charge < -0.3 is 15.1 Å². The number of hydrogen-bond donors (Lipinski definition) is 2. The average Bonchev–Trinajstić information content (AvgIpc) is 2.88. The normalized spacial score (nSPS) is 19.9. The number of aromatic nitrogens is 1. The summed E-state index contributed by atoms with van der Waals surface area (Å²) in [4.78, 5) is 15.5. The Balaban J connectivity index is 1.73. The molecule has 1 unspecified atom stereocenters. The Morgan fingerprint density at radius 3 is 3.25 bits per heavy atom. The second-order valence-electron chi connectivity index (χ2n) is 4.10. The quantitative estimate of drug-likeness (QED) is 0.794. The molecule has 1 amide bonds. The van der Waals surface area contributed by atoms with Gasteiger partial charge >= 0.3 is 0 Å². The van der Waals surface area contributed by atoms with E-state index in [1.807, 2.05) is 0 Å². The van der Waals surface area contributed by atoms with Crippen LogP contribution >= 0.6 is 0 Å². The van der Waals surface area contributed by atoms with E-state index < -0.39 is 0 Å². The molecule has 1 aliphatic rings. The van der Waals surface area contributed by atoms with Crippen molar-refractivity contribution in [3.63, 3.8) is 0 Å². The van der Waals surface area contributed by atoms with Crippen molar-refractivity contribution in [3.05, 3.63) is 17.8 Å². The molecule has 0 aliphatic carbocycles. The lowest BCUT2D eigenvalue weighted by molar-refractivity contribution is 0.0924. The van der Waals surface area contributed by atoms with Crippen molar-refractivity contribution in [1.82, 2.24) is 15.6 Å². The van der Waals surface area contributed by atoms with Crippen LogP contribution in [0.1, 0.15) is 35.5 Å². The maximum Gasteiger partial charge on any atom is 0.288 e. The zero-order chi connectivity index (χ0) is 11.4. The minimum atomic E-state index is -0.173. The summed E-state index contributed by atoms with van der Waals surface area (Å²) in [6.45, 7) is 3.54. The van der Waals surface area contributed by atoms with Crippen molar-refractivity contribution in [2.45, 2.75) is 32.2 Å². The molecule has 1 atom stereocenters. The van der Waals surface area contributed by atoms with E-state index in [4.69, 9.17) is 4.42 Å². The highest BCUT2D eigenvalue weighted by Crippen LogP contribution is 2.08. The summed E-state index contributed by atoms with van der Waals surface area (Å²) in [5, 5.41) is 6.23. The summed E-state index contributed by atoms with van der Waals surface area (Å²) in [6, 6.07) is 0.552. The molecule has 1 saturated heterocycles. The fraction of sp³-hybridized carbons (Fsp3) is 0.636. The van der Waals surface area contributed by atoms with Gasteiger partial charge in [-0.2, -0.15) is 0 Å². The van der Waals surface area contributed by atoms with E-state index in [1.165, 1.54) is 19.2 Å². The van der Waals surface area contributed by atoms with Crippen LogP contribution in [0.15, 0.2) is 10.8 Å². The van der Waals surface area contributed by atoms with Crippen molar-refractivity contribution in [2.75, 3.05) is 13.1 Å². The number of rotatable bonds is 4. The molecule has 1 aromatic rings. The van der Waals surface area contributed by atoms with Crippen LogP contribution in [0.25, 0.3) is 0 Å². The van der Waals surface area contributed by atoms with Gasteiger partial charge in [-0.3, -0.25) is 4.79 Å². The van der Waals surface area contributed by atoms with Gasteiger partial charge in [0, 0.05) is 12.6 Å². The smallest absolute Gasteiger partial charge is 0.288 e. The van der Waals surface area contributed by atoms with Crippen molar-refractivity contribution < 1.29 is 9.21 Å². The highest BCUT2D eigenvalue weighted by atomic mass is 16.3. The molecule has 0 radical (unpaired) electrons. The van der Waals surface area contributed by atoms with E-state index in [1.54, 1.807) is 6.92 Å². The first-order chi connectivity index (χ1) is 7.77. The summed E-state index contributed by atoms with van der Waals surface area (Å²) in [7, 11) is 0. The lowest BCUT2D eigenvalue weighted by Crippen LogP contribution is -2.30. The number of nitrogens with one attached hydrogen (secondary N) is 2. The molecular weight excluding hydrogens is 206 g/mol. The number of oxazole rings is 1. The molecule has 88 valence electrons. The third-order valence-corrected chi connectivity index (χ3v) is 2.89. The highest BCUT2D eigenvalue weighted by Gasteiger charge is 2.16. The highest BCUT2D eigenvalue weighted by molar-refractivity contribution is 5.92. The first-order valence-corrected chi connectivity index (χ1v) is 5.69. The number of carbonyl (C=O) groups is 1. The third-order valence-electron chi connectivity index (χ3n) is 2.89. The number of hydrogen-bond acceptors (Lipinski definition) is 4. The lowest BCUT2D eigenvalue weighted by Gasteiger charge is -2.09. The van der Waals surface area contributed by atoms with E-state index >= 15 is 0 Å². The van der Waals surface area contributed by atoms with Gasteiger partial charge in [-0.15, -0.1) is 0 Å². The fourth-order valence-electron chi connectivity index (χ4n) is 1.96. The first kappa shape index (κ1) is 11.1. The molecule has 0 spiro atoms. The Morgan fingerprint density at radius 1 is 1.75 bits per heavy atom. The van der Waals surface area contributed by atoms with Crippen LogP contribution in [0, 0.1) is 6.92 Å². The van der Waals surface area contributed by atoms with Gasteiger partial charge in [-0.1, -0.05) is 0 Å². The van der Waals surface area contributed by atoms with E-state index in [2.05, 4.69) is 15.6 Å². The van der Waals surface area contributed by atoms with E-state index in [-0.39, 0.29) is 5.91 Å². The number of amides is 1. The van der Waals surface area contributed by atoms with Gasteiger partial charge in [0.05, 0.1) is 5.69 Å². The average molecular weight is 223 g/mol. The van der Waals surface area contributed by atoms with E-state index in [9.17, 15) is 4.79 Å². The van der Waals surface area contributed by atoms with E-state index in [0.717, 1.165) is 13.0 Å². The van der Waals surface area contributed by atoms with Crippen LogP contribution in [0.4, 0.5) is 0 Å². The predicted molar refractivity (Wildman–Crippen MR) is 59.2 cm³/mol. The topological polar surface area (TPSA) is 67.2 Å². The molecule has 0 aromatic carbocycles. The van der Waals surface area contributed by atoms with Crippen LogP contribution in [0.5, 0.6) is 0 Å². The molecule has 1 aromatic heterocycles. The maximum absolute atomic E-state index is 11.6. The van der Waals surface area contributed by atoms with Crippen LogP contribution in [0.2, 0.25) is 0 Å². The number of carbonyl (C=O) groups excluding carboxylic acids is 1. The summed E-state index contributed by atoms with van der Waals surface area (Å²) < 4.78 is 5.01. The molecule has 5 nitrogen and oxygen atoms in total. The summed E-state index contributed by atoms with van der Waals surface area (Å²) in [6.07, 6.45) is 4.71. The van der Waals surface area contributed by atoms with Gasteiger partial charge in [-0.05, 0) is 32.7 Å². The monoisotopic (exact) mass is 223 g/mol. The molecule has 16 heavy (non-hydrogen) atoms. The maximum atomic E-state index is 11.6. The lowest BCUT2D eigenvalue weighted by atomic mass is 10.1. The molecule has 2 N–H and O–H groups in total. The SMILES string of the molecule is Cc1ncoc1C(=O)NCCC1CCCN1. The molecule has 0 saturated carbocycles. The minimum Gasteiger partial charge on any atom is -0.438 e. The van der Waals surface area contributed by atoms with Gasteiger partial charge in [0.25, 0.3) is 5.91 Å².